The number of rotatable bonds is 5. The first-order valence-corrected chi connectivity index (χ1v) is 9.23. The number of H-pyrrole nitrogens is 1. The van der Waals surface area contributed by atoms with Crippen LogP contribution in [0.5, 0.6) is 0 Å². The van der Waals surface area contributed by atoms with Gasteiger partial charge in [0.05, 0.1) is 12.0 Å². The molecule has 7 heteroatoms. The fourth-order valence-electron chi connectivity index (χ4n) is 3.55. The summed E-state index contributed by atoms with van der Waals surface area (Å²) in [4.78, 5) is 32.9. The lowest BCUT2D eigenvalue weighted by atomic mass is 10.0. The van der Waals surface area contributed by atoms with Gasteiger partial charge in [0.25, 0.3) is 0 Å². The maximum absolute atomic E-state index is 12.7. The second-order valence-electron chi connectivity index (χ2n) is 6.98. The molecule has 1 aliphatic rings. The quantitative estimate of drug-likeness (QED) is 0.709. The van der Waals surface area contributed by atoms with Crippen LogP contribution in [-0.2, 0) is 22.4 Å². The molecule has 144 valence electrons. The summed E-state index contributed by atoms with van der Waals surface area (Å²) >= 11 is 0. The zero-order valence-corrected chi connectivity index (χ0v) is 15.5. The van der Waals surface area contributed by atoms with Gasteiger partial charge in [-0.3, -0.25) is 4.79 Å². The van der Waals surface area contributed by atoms with Crippen LogP contribution in [0.4, 0.5) is 0 Å². The number of amides is 1. The summed E-state index contributed by atoms with van der Waals surface area (Å²) < 4.78 is 5.86. The van der Waals surface area contributed by atoms with Crippen molar-refractivity contribution < 1.29 is 19.1 Å². The Morgan fingerprint density at radius 3 is 2.79 bits per heavy atom. The normalized spacial score (nSPS) is 16.0. The van der Waals surface area contributed by atoms with Crippen LogP contribution in [-0.4, -0.2) is 38.4 Å². The molecule has 3 aromatic rings. The van der Waals surface area contributed by atoms with Gasteiger partial charge in [-0.1, -0.05) is 29.8 Å². The molecule has 0 saturated heterocycles. The molecule has 0 saturated carbocycles. The molecule has 1 aliphatic heterocycles. The number of hydrogen-bond donors (Lipinski definition) is 2. The Labute approximate surface area is 162 Å². The lowest BCUT2D eigenvalue weighted by molar-refractivity contribution is -0.151. The maximum Gasteiger partial charge on any atom is 0.332 e. The third-order valence-electron chi connectivity index (χ3n) is 5.06. The SMILES string of the molecule is Cc1ccc(-c2ccc(CCC(=O)N3CCc4[nH]cnc4C3C(=O)O)o2)cc1. The number of aryl methyl sites for hydroxylation is 2. The highest BCUT2D eigenvalue weighted by molar-refractivity contribution is 5.85. The predicted molar refractivity (Wildman–Crippen MR) is 102 cm³/mol. The molecule has 0 fully saturated rings. The highest BCUT2D eigenvalue weighted by Crippen LogP contribution is 2.29. The van der Waals surface area contributed by atoms with Crippen LogP contribution in [0.3, 0.4) is 0 Å². The van der Waals surface area contributed by atoms with Gasteiger partial charge in [-0.15, -0.1) is 0 Å². The second-order valence-corrected chi connectivity index (χ2v) is 6.98. The van der Waals surface area contributed by atoms with Crippen LogP contribution in [0.2, 0.25) is 0 Å². The number of nitrogens with zero attached hydrogens (tertiary/aromatic N) is 2. The fraction of sp³-hybridized carbons (Fsp3) is 0.286. The van der Waals surface area contributed by atoms with Gasteiger partial charge in [0.1, 0.15) is 11.5 Å². The lowest BCUT2D eigenvalue weighted by Gasteiger charge is -2.32. The molecule has 1 aromatic carbocycles. The lowest BCUT2D eigenvalue weighted by Crippen LogP contribution is -2.43. The number of carboxylic acids is 1. The number of carboxylic acid groups (broad SMARTS) is 1. The van der Waals surface area contributed by atoms with Gasteiger partial charge in [0.2, 0.25) is 5.91 Å². The van der Waals surface area contributed by atoms with Crippen molar-refractivity contribution in [3.8, 4) is 11.3 Å². The number of benzene rings is 1. The van der Waals surface area contributed by atoms with Crippen LogP contribution in [0.1, 0.15) is 35.2 Å². The highest BCUT2D eigenvalue weighted by Gasteiger charge is 2.37. The summed E-state index contributed by atoms with van der Waals surface area (Å²) in [5.41, 5.74) is 3.36. The zero-order chi connectivity index (χ0) is 19.7. The predicted octanol–water partition coefficient (Wildman–Crippen LogP) is 3.12. The van der Waals surface area contributed by atoms with Gasteiger partial charge in [-0.25, -0.2) is 9.78 Å². The number of furan rings is 1. The molecule has 0 aliphatic carbocycles. The molecule has 0 spiro atoms. The number of carbonyl (C=O) groups is 2. The fourth-order valence-corrected chi connectivity index (χ4v) is 3.55. The number of carbonyl (C=O) groups excluding carboxylic acids is 1. The van der Waals surface area contributed by atoms with Crippen LogP contribution < -0.4 is 0 Å². The third-order valence-corrected chi connectivity index (χ3v) is 5.06. The van der Waals surface area contributed by atoms with E-state index >= 15 is 0 Å². The van der Waals surface area contributed by atoms with Crippen LogP contribution in [0, 0.1) is 6.92 Å². The number of aliphatic carboxylic acids is 1. The molecular formula is C21H21N3O4. The molecule has 2 aromatic heterocycles. The Morgan fingerprint density at radius 1 is 1.25 bits per heavy atom. The summed E-state index contributed by atoms with van der Waals surface area (Å²) in [6.07, 6.45) is 2.65. The first kappa shape index (κ1) is 18.0. The number of aromatic amines is 1. The summed E-state index contributed by atoms with van der Waals surface area (Å²) in [5, 5.41) is 9.59. The summed E-state index contributed by atoms with van der Waals surface area (Å²) in [6.45, 7) is 2.39. The van der Waals surface area contributed by atoms with Gasteiger partial charge in [-0.05, 0) is 19.1 Å². The maximum atomic E-state index is 12.7. The number of hydrogen-bond acceptors (Lipinski definition) is 4. The van der Waals surface area contributed by atoms with Crippen molar-refractivity contribution in [1.82, 2.24) is 14.9 Å². The molecular weight excluding hydrogens is 358 g/mol. The minimum absolute atomic E-state index is 0.185. The first-order valence-electron chi connectivity index (χ1n) is 9.23. The summed E-state index contributed by atoms with van der Waals surface area (Å²) in [5.74, 6) is 0.175. The van der Waals surface area contributed by atoms with Crippen LogP contribution in [0.25, 0.3) is 11.3 Å². The number of imidazole rings is 1. The number of fused-ring (bicyclic) bond motifs is 1. The van der Waals surface area contributed by atoms with E-state index in [9.17, 15) is 14.7 Å². The van der Waals surface area contributed by atoms with Gasteiger partial charge in [0, 0.05) is 37.1 Å². The van der Waals surface area contributed by atoms with E-state index in [4.69, 9.17) is 4.42 Å². The molecule has 1 amide bonds. The van der Waals surface area contributed by atoms with Crippen LogP contribution in [0.15, 0.2) is 47.1 Å². The van der Waals surface area contributed by atoms with E-state index in [0.29, 0.717) is 30.8 Å². The number of aromatic nitrogens is 2. The first-order chi connectivity index (χ1) is 13.5. The second kappa shape index (κ2) is 7.34. The highest BCUT2D eigenvalue weighted by atomic mass is 16.4. The Morgan fingerprint density at radius 2 is 2.04 bits per heavy atom. The van der Waals surface area contributed by atoms with Crippen molar-refractivity contribution in [3.63, 3.8) is 0 Å². The molecule has 1 unspecified atom stereocenters. The van der Waals surface area contributed by atoms with Gasteiger partial charge < -0.3 is 19.4 Å². The average Bonchev–Trinajstić information content (AvgIpc) is 3.35. The minimum Gasteiger partial charge on any atom is -0.479 e. The summed E-state index contributed by atoms with van der Waals surface area (Å²) in [6, 6.07) is 10.7. The standard InChI is InChI=1S/C21H21N3O4/c1-13-2-4-14(5-3-13)17-8-6-15(28-17)7-9-18(25)24-11-10-16-19(23-12-22-16)20(24)21(26)27/h2-6,8,12,20H,7,9-11H2,1H3,(H,22,23)(H,26,27). The largest absolute Gasteiger partial charge is 0.479 e. The van der Waals surface area contributed by atoms with Crippen molar-refractivity contribution >= 4 is 11.9 Å². The van der Waals surface area contributed by atoms with Gasteiger partial charge >= 0.3 is 5.97 Å². The van der Waals surface area contributed by atoms with E-state index < -0.39 is 12.0 Å². The van der Waals surface area contributed by atoms with Crippen molar-refractivity contribution in [2.24, 2.45) is 0 Å². The molecule has 1 atom stereocenters. The minimum atomic E-state index is -1.07. The number of nitrogens with one attached hydrogen (secondary N) is 1. The molecule has 3 heterocycles. The van der Waals surface area contributed by atoms with E-state index in [2.05, 4.69) is 9.97 Å². The zero-order valence-electron chi connectivity index (χ0n) is 15.5. The van der Waals surface area contributed by atoms with Crippen molar-refractivity contribution in [3.05, 3.63) is 65.4 Å². The van der Waals surface area contributed by atoms with Crippen molar-refractivity contribution in [1.29, 1.82) is 0 Å². The van der Waals surface area contributed by atoms with Crippen LogP contribution >= 0.6 is 0 Å². The van der Waals surface area contributed by atoms with Crippen molar-refractivity contribution in [2.45, 2.75) is 32.2 Å². The van der Waals surface area contributed by atoms with Crippen molar-refractivity contribution in [2.75, 3.05) is 6.54 Å². The molecule has 4 rings (SSSR count). The summed E-state index contributed by atoms with van der Waals surface area (Å²) in [7, 11) is 0. The third kappa shape index (κ3) is 3.43. The van der Waals surface area contributed by atoms with Gasteiger partial charge in [-0.2, -0.15) is 0 Å². The Balaban J connectivity index is 1.43. The topological polar surface area (TPSA) is 99.4 Å². The molecule has 0 bridgehead atoms. The molecule has 0 radical (unpaired) electrons. The Hall–Kier alpha value is -3.35. The van der Waals surface area contributed by atoms with E-state index in [0.717, 1.165) is 17.0 Å². The smallest absolute Gasteiger partial charge is 0.332 e. The molecule has 28 heavy (non-hydrogen) atoms. The van der Waals surface area contributed by atoms with E-state index in [-0.39, 0.29) is 12.3 Å². The molecule has 2 N–H and O–H groups in total. The average molecular weight is 379 g/mol. The van der Waals surface area contributed by atoms with E-state index in [1.54, 1.807) is 0 Å². The monoisotopic (exact) mass is 379 g/mol. The Bertz CT molecular complexity index is 1000. The molecule has 7 nitrogen and oxygen atoms in total. The van der Waals surface area contributed by atoms with Gasteiger partial charge in [0.15, 0.2) is 6.04 Å². The van der Waals surface area contributed by atoms with E-state index in [1.807, 2.05) is 43.3 Å². The van der Waals surface area contributed by atoms with E-state index in [1.165, 1.54) is 16.8 Å². The Kier molecular flexibility index (Phi) is 4.73.